The molecule has 0 fully saturated rings. The highest BCUT2D eigenvalue weighted by molar-refractivity contribution is 5.42. The van der Waals surface area contributed by atoms with Crippen LogP contribution in [-0.2, 0) is 6.54 Å². The van der Waals surface area contributed by atoms with Crippen molar-refractivity contribution >= 4 is 5.69 Å². The number of nitro benzene ring substituents is 1. The van der Waals surface area contributed by atoms with Crippen LogP contribution in [-0.4, -0.2) is 4.92 Å². The zero-order valence-corrected chi connectivity index (χ0v) is 12.4. The SMILES string of the molecule is CCC(NCc1ccc(C)c([N+](=O)[O-])c1)c1ccccc1. The van der Waals surface area contributed by atoms with Crippen LogP contribution in [0.25, 0.3) is 0 Å². The summed E-state index contributed by atoms with van der Waals surface area (Å²) < 4.78 is 0. The number of hydrogen-bond donors (Lipinski definition) is 1. The minimum Gasteiger partial charge on any atom is -0.306 e. The van der Waals surface area contributed by atoms with Gasteiger partial charge in [-0.15, -0.1) is 0 Å². The second-order valence-electron chi connectivity index (χ2n) is 5.13. The number of nitrogens with one attached hydrogen (secondary N) is 1. The predicted octanol–water partition coefficient (Wildman–Crippen LogP) is 4.14. The Hall–Kier alpha value is -2.20. The van der Waals surface area contributed by atoms with Crippen LogP contribution in [0.5, 0.6) is 0 Å². The Kier molecular flexibility index (Phi) is 5.06. The maximum atomic E-state index is 11.0. The normalized spacial score (nSPS) is 12.1. The summed E-state index contributed by atoms with van der Waals surface area (Å²) in [7, 11) is 0. The van der Waals surface area contributed by atoms with Crippen molar-refractivity contribution in [2.45, 2.75) is 32.9 Å². The Balaban J connectivity index is 2.08. The number of nitrogens with zero attached hydrogens (tertiary/aromatic N) is 1. The first kappa shape index (κ1) is 15.2. The summed E-state index contributed by atoms with van der Waals surface area (Å²) in [5, 5.41) is 14.4. The van der Waals surface area contributed by atoms with Crippen molar-refractivity contribution < 1.29 is 4.92 Å². The average molecular weight is 284 g/mol. The maximum absolute atomic E-state index is 11.0. The van der Waals surface area contributed by atoms with E-state index < -0.39 is 0 Å². The zero-order valence-electron chi connectivity index (χ0n) is 12.4. The van der Waals surface area contributed by atoms with Crippen LogP contribution in [0.2, 0.25) is 0 Å². The first-order valence-corrected chi connectivity index (χ1v) is 7.14. The van der Waals surface area contributed by atoms with E-state index in [1.54, 1.807) is 19.1 Å². The Morgan fingerprint density at radius 2 is 1.90 bits per heavy atom. The molecule has 2 aromatic rings. The van der Waals surface area contributed by atoms with Crippen molar-refractivity contribution in [3.05, 3.63) is 75.3 Å². The Morgan fingerprint density at radius 1 is 1.19 bits per heavy atom. The molecule has 4 nitrogen and oxygen atoms in total. The fourth-order valence-corrected chi connectivity index (χ4v) is 2.39. The molecule has 1 unspecified atom stereocenters. The number of nitro groups is 1. The van der Waals surface area contributed by atoms with Crippen LogP contribution >= 0.6 is 0 Å². The molecular formula is C17H20N2O2. The summed E-state index contributed by atoms with van der Waals surface area (Å²) in [5.41, 5.74) is 3.05. The van der Waals surface area contributed by atoms with E-state index in [2.05, 4.69) is 24.4 Å². The molecule has 0 spiro atoms. The first-order valence-electron chi connectivity index (χ1n) is 7.14. The largest absolute Gasteiger partial charge is 0.306 e. The number of hydrogen-bond acceptors (Lipinski definition) is 3. The standard InChI is InChI=1S/C17H20N2O2/c1-3-16(15-7-5-4-6-8-15)18-12-14-10-9-13(2)17(11-14)19(20)21/h4-11,16,18H,3,12H2,1-2H3. The van der Waals surface area contributed by atoms with Gasteiger partial charge < -0.3 is 5.32 Å². The lowest BCUT2D eigenvalue weighted by Crippen LogP contribution is -2.20. The molecule has 0 heterocycles. The van der Waals surface area contributed by atoms with Gasteiger partial charge in [-0.2, -0.15) is 0 Å². The highest BCUT2D eigenvalue weighted by atomic mass is 16.6. The smallest absolute Gasteiger partial charge is 0.272 e. The molecule has 110 valence electrons. The first-order chi connectivity index (χ1) is 10.1. The molecule has 0 aliphatic heterocycles. The summed E-state index contributed by atoms with van der Waals surface area (Å²) in [5.74, 6) is 0. The van der Waals surface area contributed by atoms with Crippen LogP contribution in [0.4, 0.5) is 5.69 Å². The number of benzene rings is 2. The fraction of sp³-hybridized carbons (Fsp3) is 0.294. The monoisotopic (exact) mass is 284 g/mol. The van der Waals surface area contributed by atoms with E-state index >= 15 is 0 Å². The summed E-state index contributed by atoms with van der Waals surface area (Å²) in [4.78, 5) is 10.6. The third-order valence-corrected chi connectivity index (χ3v) is 3.63. The van der Waals surface area contributed by atoms with Crippen molar-refractivity contribution in [1.29, 1.82) is 0 Å². The van der Waals surface area contributed by atoms with Gasteiger partial charge in [-0.25, -0.2) is 0 Å². The van der Waals surface area contributed by atoms with Crippen molar-refractivity contribution in [3.63, 3.8) is 0 Å². The van der Waals surface area contributed by atoms with E-state index in [0.29, 0.717) is 12.1 Å². The van der Waals surface area contributed by atoms with E-state index in [4.69, 9.17) is 0 Å². The fourth-order valence-electron chi connectivity index (χ4n) is 2.39. The van der Waals surface area contributed by atoms with Gasteiger partial charge in [0.05, 0.1) is 4.92 Å². The highest BCUT2D eigenvalue weighted by Crippen LogP contribution is 2.21. The second kappa shape index (κ2) is 6.99. The van der Waals surface area contributed by atoms with Crippen LogP contribution in [0.15, 0.2) is 48.5 Å². The van der Waals surface area contributed by atoms with E-state index in [1.807, 2.05) is 24.3 Å². The van der Waals surface area contributed by atoms with Crippen molar-refractivity contribution in [2.75, 3.05) is 0 Å². The molecule has 2 rings (SSSR count). The van der Waals surface area contributed by atoms with Crippen molar-refractivity contribution in [3.8, 4) is 0 Å². The van der Waals surface area contributed by atoms with E-state index in [-0.39, 0.29) is 16.7 Å². The van der Waals surface area contributed by atoms with Gasteiger partial charge in [-0.3, -0.25) is 10.1 Å². The lowest BCUT2D eigenvalue weighted by Gasteiger charge is -2.17. The molecule has 2 aromatic carbocycles. The van der Waals surface area contributed by atoms with Crippen molar-refractivity contribution in [1.82, 2.24) is 5.32 Å². The summed E-state index contributed by atoms with van der Waals surface area (Å²) >= 11 is 0. The molecule has 0 saturated heterocycles. The van der Waals surface area contributed by atoms with Gasteiger partial charge in [0.15, 0.2) is 0 Å². The molecule has 0 radical (unpaired) electrons. The van der Waals surface area contributed by atoms with E-state index in [0.717, 1.165) is 12.0 Å². The maximum Gasteiger partial charge on any atom is 0.272 e. The van der Waals surface area contributed by atoms with Crippen LogP contribution in [0.3, 0.4) is 0 Å². The molecular weight excluding hydrogens is 264 g/mol. The molecule has 1 N–H and O–H groups in total. The molecule has 0 bridgehead atoms. The molecule has 4 heteroatoms. The van der Waals surface area contributed by atoms with Gasteiger partial charge in [0.25, 0.3) is 5.69 Å². The van der Waals surface area contributed by atoms with Crippen LogP contribution < -0.4 is 5.32 Å². The number of rotatable bonds is 6. The number of aryl methyl sites for hydroxylation is 1. The third-order valence-electron chi connectivity index (χ3n) is 3.63. The van der Waals surface area contributed by atoms with Gasteiger partial charge >= 0.3 is 0 Å². The lowest BCUT2D eigenvalue weighted by molar-refractivity contribution is -0.385. The molecule has 0 amide bonds. The van der Waals surface area contributed by atoms with E-state index in [9.17, 15) is 10.1 Å². The summed E-state index contributed by atoms with van der Waals surface area (Å²) in [6.45, 7) is 4.50. The third kappa shape index (κ3) is 3.89. The molecule has 0 aliphatic carbocycles. The lowest BCUT2D eigenvalue weighted by atomic mass is 10.0. The predicted molar refractivity (Wildman–Crippen MR) is 84.1 cm³/mol. The zero-order chi connectivity index (χ0) is 15.2. The van der Waals surface area contributed by atoms with Gasteiger partial charge in [0.1, 0.15) is 0 Å². The topological polar surface area (TPSA) is 55.2 Å². The molecule has 1 atom stereocenters. The molecule has 21 heavy (non-hydrogen) atoms. The van der Waals surface area contributed by atoms with Gasteiger partial charge in [-0.05, 0) is 24.5 Å². The van der Waals surface area contributed by atoms with Gasteiger partial charge in [-0.1, -0.05) is 49.4 Å². The Morgan fingerprint density at radius 3 is 2.52 bits per heavy atom. The summed E-state index contributed by atoms with van der Waals surface area (Å²) in [6.07, 6.45) is 0.970. The molecule has 0 aliphatic rings. The van der Waals surface area contributed by atoms with Crippen LogP contribution in [0.1, 0.15) is 36.1 Å². The quantitative estimate of drug-likeness (QED) is 0.640. The molecule has 0 aromatic heterocycles. The van der Waals surface area contributed by atoms with E-state index in [1.165, 1.54) is 5.56 Å². The summed E-state index contributed by atoms with van der Waals surface area (Å²) in [6, 6.07) is 15.9. The second-order valence-corrected chi connectivity index (χ2v) is 5.13. The van der Waals surface area contributed by atoms with Gasteiger partial charge in [0.2, 0.25) is 0 Å². The Bertz CT molecular complexity index is 611. The van der Waals surface area contributed by atoms with Gasteiger partial charge in [0, 0.05) is 24.2 Å². The highest BCUT2D eigenvalue weighted by Gasteiger charge is 2.12. The van der Waals surface area contributed by atoms with Crippen LogP contribution in [0, 0.1) is 17.0 Å². The Labute approximate surface area is 125 Å². The average Bonchev–Trinajstić information content (AvgIpc) is 2.50. The molecule has 0 saturated carbocycles. The minimum absolute atomic E-state index is 0.182. The van der Waals surface area contributed by atoms with Crippen molar-refractivity contribution in [2.24, 2.45) is 0 Å². The minimum atomic E-state index is -0.326.